The van der Waals surface area contributed by atoms with Gasteiger partial charge in [0.05, 0.1) is 17.2 Å². The van der Waals surface area contributed by atoms with Crippen molar-refractivity contribution in [1.82, 2.24) is 24.6 Å². The Kier molecular flexibility index (Phi) is 4.12. The van der Waals surface area contributed by atoms with Gasteiger partial charge in [-0.2, -0.15) is 5.10 Å². The van der Waals surface area contributed by atoms with Crippen molar-refractivity contribution in [3.63, 3.8) is 0 Å². The van der Waals surface area contributed by atoms with Crippen LogP contribution >= 0.6 is 11.3 Å². The van der Waals surface area contributed by atoms with Crippen LogP contribution in [0.25, 0.3) is 0 Å². The summed E-state index contributed by atoms with van der Waals surface area (Å²) in [5.41, 5.74) is 1.21. The van der Waals surface area contributed by atoms with Crippen LogP contribution in [0.3, 0.4) is 0 Å². The van der Waals surface area contributed by atoms with Gasteiger partial charge in [0.15, 0.2) is 0 Å². The molecule has 3 rings (SSSR count). The van der Waals surface area contributed by atoms with Crippen LogP contribution in [-0.4, -0.2) is 37.2 Å². The molecule has 0 amide bonds. The minimum Gasteiger partial charge on any atom is -0.293 e. The Balaban J connectivity index is 1.63. The number of nitrogens with zero attached hydrogens (tertiary/aromatic N) is 5. The fourth-order valence-corrected chi connectivity index (χ4v) is 3.55. The molecule has 108 valence electrons. The van der Waals surface area contributed by atoms with Crippen molar-refractivity contribution in [3.05, 3.63) is 28.7 Å². The molecule has 6 heteroatoms. The first-order chi connectivity index (χ1) is 9.72. The first-order valence-electron chi connectivity index (χ1n) is 7.23. The number of hydrogen-bond donors (Lipinski definition) is 0. The fourth-order valence-electron chi connectivity index (χ4n) is 2.72. The second-order valence-electron chi connectivity index (χ2n) is 5.72. The van der Waals surface area contributed by atoms with Gasteiger partial charge in [-0.25, -0.2) is 9.97 Å². The van der Waals surface area contributed by atoms with E-state index in [-0.39, 0.29) is 0 Å². The third-order valence-electron chi connectivity index (χ3n) is 3.79. The van der Waals surface area contributed by atoms with Gasteiger partial charge in [0.2, 0.25) is 0 Å². The summed E-state index contributed by atoms with van der Waals surface area (Å²) in [6.45, 7) is 7.45. The van der Waals surface area contributed by atoms with Gasteiger partial charge >= 0.3 is 0 Å². The van der Waals surface area contributed by atoms with Crippen LogP contribution in [0.2, 0.25) is 0 Å². The SMILES string of the molecule is CC(C)c1nc(CN2CCC[C@@H]2Cn2cncn2)cs1. The highest BCUT2D eigenvalue weighted by Crippen LogP contribution is 2.24. The maximum Gasteiger partial charge on any atom is 0.137 e. The van der Waals surface area contributed by atoms with Crippen LogP contribution in [-0.2, 0) is 13.1 Å². The fraction of sp³-hybridized carbons (Fsp3) is 0.643. The molecule has 1 fully saturated rings. The summed E-state index contributed by atoms with van der Waals surface area (Å²) in [4.78, 5) is 11.3. The van der Waals surface area contributed by atoms with Crippen molar-refractivity contribution < 1.29 is 0 Å². The molecule has 1 saturated heterocycles. The van der Waals surface area contributed by atoms with Crippen molar-refractivity contribution in [3.8, 4) is 0 Å². The van der Waals surface area contributed by atoms with Gasteiger partial charge in [0.1, 0.15) is 12.7 Å². The van der Waals surface area contributed by atoms with Crippen molar-refractivity contribution in [2.24, 2.45) is 0 Å². The molecule has 1 aliphatic rings. The van der Waals surface area contributed by atoms with Gasteiger partial charge in [-0.1, -0.05) is 13.8 Å². The summed E-state index contributed by atoms with van der Waals surface area (Å²) >= 11 is 1.78. The lowest BCUT2D eigenvalue weighted by Gasteiger charge is -2.23. The number of aromatic nitrogens is 4. The Hall–Kier alpha value is -1.27. The Morgan fingerprint density at radius 3 is 3.05 bits per heavy atom. The number of hydrogen-bond acceptors (Lipinski definition) is 5. The van der Waals surface area contributed by atoms with Gasteiger partial charge in [-0.05, 0) is 19.4 Å². The van der Waals surface area contributed by atoms with E-state index in [4.69, 9.17) is 4.98 Å². The topological polar surface area (TPSA) is 46.8 Å². The van der Waals surface area contributed by atoms with E-state index in [1.165, 1.54) is 23.5 Å². The summed E-state index contributed by atoms with van der Waals surface area (Å²) in [7, 11) is 0. The molecule has 1 aliphatic heterocycles. The van der Waals surface area contributed by atoms with E-state index in [1.54, 1.807) is 24.0 Å². The first kappa shape index (κ1) is 13.7. The second-order valence-corrected chi connectivity index (χ2v) is 6.61. The molecule has 0 N–H and O–H groups in total. The molecule has 20 heavy (non-hydrogen) atoms. The smallest absolute Gasteiger partial charge is 0.137 e. The van der Waals surface area contributed by atoms with Crippen LogP contribution < -0.4 is 0 Å². The molecule has 0 bridgehead atoms. The normalized spacial score (nSPS) is 20.1. The van der Waals surface area contributed by atoms with Crippen molar-refractivity contribution in [2.45, 2.75) is 51.7 Å². The Bertz CT molecular complexity index is 534. The van der Waals surface area contributed by atoms with Crippen molar-refractivity contribution >= 4 is 11.3 Å². The van der Waals surface area contributed by atoms with Crippen LogP contribution in [0.5, 0.6) is 0 Å². The third-order valence-corrected chi connectivity index (χ3v) is 4.99. The number of thiazole rings is 1. The lowest BCUT2D eigenvalue weighted by Crippen LogP contribution is -2.32. The summed E-state index contributed by atoms with van der Waals surface area (Å²) in [6.07, 6.45) is 5.91. The highest BCUT2D eigenvalue weighted by molar-refractivity contribution is 7.09. The van der Waals surface area contributed by atoms with E-state index in [0.717, 1.165) is 19.6 Å². The molecule has 3 heterocycles. The monoisotopic (exact) mass is 291 g/mol. The average Bonchev–Trinajstić information content (AvgIpc) is 3.13. The molecular formula is C14H21N5S. The Morgan fingerprint density at radius 2 is 2.35 bits per heavy atom. The molecule has 2 aromatic heterocycles. The van der Waals surface area contributed by atoms with E-state index < -0.39 is 0 Å². The Morgan fingerprint density at radius 1 is 1.45 bits per heavy atom. The van der Waals surface area contributed by atoms with Gasteiger partial charge in [-0.15, -0.1) is 11.3 Å². The molecule has 0 spiro atoms. The van der Waals surface area contributed by atoms with Crippen LogP contribution in [0.1, 0.15) is 43.3 Å². The molecule has 0 unspecified atom stereocenters. The summed E-state index contributed by atoms with van der Waals surface area (Å²) in [5.74, 6) is 0.526. The predicted molar refractivity (Wildman–Crippen MR) is 79.7 cm³/mol. The first-order valence-corrected chi connectivity index (χ1v) is 8.11. The van der Waals surface area contributed by atoms with E-state index in [2.05, 4.69) is 34.2 Å². The highest BCUT2D eigenvalue weighted by Gasteiger charge is 2.25. The van der Waals surface area contributed by atoms with Gasteiger partial charge in [0.25, 0.3) is 0 Å². The van der Waals surface area contributed by atoms with Crippen LogP contribution in [0, 0.1) is 0 Å². The standard InChI is InChI=1S/C14H21N5S/c1-11(2)14-17-12(8-20-14)6-18-5-3-4-13(18)7-19-10-15-9-16-19/h8-11,13H,3-7H2,1-2H3/t13-/m1/s1. The lowest BCUT2D eigenvalue weighted by atomic mass is 10.2. The lowest BCUT2D eigenvalue weighted by molar-refractivity contribution is 0.217. The van der Waals surface area contributed by atoms with Gasteiger partial charge in [-0.3, -0.25) is 9.58 Å². The second kappa shape index (κ2) is 6.01. The number of rotatable bonds is 5. The van der Waals surface area contributed by atoms with Gasteiger partial charge < -0.3 is 0 Å². The number of likely N-dealkylation sites (tertiary alicyclic amines) is 1. The van der Waals surface area contributed by atoms with Crippen LogP contribution in [0.4, 0.5) is 0 Å². The van der Waals surface area contributed by atoms with Crippen molar-refractivity contribution in [1.29, 1.82) is 0 Å². The summed E-state index contributed by atoms with van der Waals surface area (Å²) in [6, 6.07) is 0.556. The molecular weight excluding hydrogens is 270 g/mol. The summed E-state index contributed by atoms with van der Waals surface area (Å²) < 4.78 is 1.93. The minimum atomic E-state index is 0.526. The molecule has 2 aromatic rings. The zero-order valence-corrected chi connectivity index (χ0v) is 12.9. The Labute approximate surface area is 123 Å². The largest absolute Gasteiger partial charge is 0.293 e. The average molecular weight is 291 g/mol. The molecule has 0 radical (unpaired) electrons. The quantitative estimate of drug-likeness (QED) is 0.849. The predicted octanol–water partition coefficient (Wildman–Crippen LogP) is 2.52. The molecule has 0 aromatic carbocycles. The van der Waals surface area contributed by atoms with Crippen molar-refractivity contribution in [2.75, 3.05) is 6.54 Å². The highest BCUT2D eigenvalue weighted by atomic mass is 32.1. The van der Waals surface area contributed by atoms with E-state index >= 15 is 0 Å². The maximum absolute atomic E-state index is 4.75. The summed E-state index contributed by atoms with van der Waals surface area (Å²) in [5, 5.41) is 7.66. The van der Waals surface area contributed by atoms with Gasteiger partial charge in [0, 0.05) is 23.9 Å². The van der Waals surface area contributed by atoms with Crippen LogP contribution in [0.15, 0.2) is 18.0 Å². The third kappa shape index (κ3) is 3.07. The molecule has 0 saturated carbocycles. The van der Waals surface area contributed by atoms with E-state index in [9.17, 15) is 0 Å². The molecule has 5 nitrogen and oxygen atoms in total. The van der Waals surface area contributed by atoms with E-state index in [0.29, 0.717) is 12.0 Å². The minimum absolute atomic E-state index is 0.526. The zero-order chi connectivity index (χ0) is 13.9. The zero-order valence-electron chi connectivity index (χ0n) is 12.1. The molecule has 0 aliphatic carbocycles. The van der Waals surface area contributed by atoms with E-state index in [1.807, 2.05) is 4.68 Å². The maximum atomic E-state index is 4.75. The molecule has 1 atom stereocenters.